The zero-order valence-electron chi connectivity index (χ0n) is 14.3. The van der Waals surface area contributed by atoms with Gasteiger partial charge in [-0.2, -0.15) is 0 Å². The number of ketones is 1. The smallest absolute Gasteiger partial charge is 0.180 e. The molecule has 2 fully saturated rings. The molecule has 24 heavy (non-hydrogen) atoms. The fraction of sp³-hybridized carbons (Fsp3) is 0.632. The van der Waals surface area contributed by atoms with Gasteiger partial charge in [-0.05, 0) is 54.5 Å². The summed E-state index contributed by atoms with van der Waals surface area (Å²) in [6, 6.07) is 4.84. The summed E-state index contributed by atoms with van der Waals surface area (Å²) < 4.78 is 5.53. The minimum absolute atomic E-state index is 0.0938. The first-order valence-electron chi connectivity index (χ1n) is 8.82. The van der Waals surface area contributed by atoms with E-state index in [0.29, 0.717) is 25.1 Å². The molecule has 4 rings (SSSR count). The van der Waals surface area contributed by atoms with Crippen LogP contribution >= 0.6 is 0 Å². The monoisotopic (exact) mass is 331 g/mol. The number of rotatable bonds is 2. The number of phenolic OH excluding ortho intramolecular Hbond substituents is 1. The van der Waals surface area contributed by atoms with E-state index in [9.17, 15) is 15.0 Å². The number of aliphatic hydroxyl groups is 1. The quantitative estimate of drug-likeness (QED) is 0.868. The van der Waals surface area contributed by atoms with Crippen LogP contribution in [0.5, 0.6) is 5.75 Å². The SMILES string of the molecule is C[C@H]1[C@H]2C(=O)c3ccc(O)cc3[C@]1(C)CCN2C[C@]1(O)CCCO1. The normalized spacial score (nSPS) is 39.0. The number of Topliss-reactive ketones (excluding diaryl/α,β-unsaturated/α-hetero) is 1. The van der Waals surface area contributed by atoms with Crippen molar-refractivity contribution in [1.29, 1.82) is 0 Å². The molecule has 5 heteroatoms. The van der Waals surface area contributed by atoms with Crippen molar-refractivity contribution >= 4 is 5.78 Å². The molecular weight excluding hydrogens is 306 g/mol. The summed E-state index contributed by atoms with van der Waals surface area (Å²) in [7, 11) is 0. The topological polar surface area (TPSA) is 70.0 Å². The summed E-state index contributed by atoms with van der Waals surface area (Å²) in [5.74, 6) is -0.693. The fourth-order valence-corrected chi connectivity index (χ4v) is 4.86. The van der Waals surface area contributed by atoms with Gasteiger partial charge in [-0.15, -0.1) is 0 Å². The zero-order valence-corrected chi connectivity index (χ0v) is 14.3. The molecule has 2 bridgehead atoms. The van der Waals surface area contributed by atoms with Gasteiger partial charge in [0.25, 0.3) is 0 Å². The molecular formula is C19H25NO4. The van der Waals surface area contributed by atoms with Crippen LogP contribution in [-0.4, -0.2) is 52.4 Å². The number of β-amino-alcohol motifs (C(OH)–C–C–N with tert-alkyl or cyclic N) is 1. The van der Waals surface area contributed by atoms with Crippen molar-refractivity contribution < 1.29 is 19.7 Å². The predicted molar refractivity (Wildman–Crippen MR) is 89.1 cm³/mol. The number of carbonyl (C=O) groups is 1. The van der Waals surface area contributed by atoms with Crippen LogP contribution in [0.3, 0.4) is 0 Å². The highest BCUT2D eigenvalue weighted by atomic mass is 16.6. The fourth-order valence-electron chi connectivity index (χ4n) is 4.86. The van der Waals surface area contributed by atoms with Crippen molar-refractivity contribution in [2.75, 3.05) is 19.7 Å². The molecule has 3 aliphatic rings. The maximum absolute atomic E-state index is 13.1. The van der Waals surface area contributed by atoms with Crippen LogP contribution < -0.4 is 0 Å². The van der Waals surface area contributed by atoms with Crippen LogP contribution in [0.1, 0.15) is 49.0 Å². The summed E-state index contributed by atoms with van der Waals surface area (Å²) in [6.45, 7) is 6.02. The third kappa shape index (κ3) is 2.22. The van der Waals surface area contributed by atoms with Crippen LogP contribution in [0.2, 0.25) is 0 Å². The Kier molecular flexibility index (Phi) is 3.53. The van der Waals surface area contributed by atoms with E-state index in [1.165, 1.54) is 0 Å². The largest absolute Gasteiger partial charge is 0.508 e. The Morgan fingerprint density at radius 2 is 2.17 bits per heavy atom. The number of ether oxygens (including phenoxy) is 1. The molecule has 2 heterocycles. The van der Waals surface area contributed by atoms with Crippen molar-refractivity contribution in [1.82, 2.24) is 4.90 Å². The van der Waals surface area contributed by atoms with E-state index in [4.69, 9.17) is 4.74 Å². The van der Waals surface area contributed by atoms with E-state index in [1.54, 1.807) is 18.2 Å². The summed E-state index contributed by atoms with van der Waals surface area (Å²) in [5, 5.41) is 20.5. The molecule has 1 aliphatic carbocycles. The molecule has 0 radical (unpaired) electrons. The van der Waals surface area contributed by atoms with Gasteiger partial charge in [0.2, 0.25) is 0 Å². The van der Waals surface area contributed by atoms with Gasteiger partial charge in [-0.1, -0.05) is 13.8 Å². The molecule has 4 atom stereocenters. The van der Waals surface area contributed by atoms with E-state index in [2.05, 4.69) is 18.7 Å². The molecule has 0 amide bonds. The Hall–Kier alpha value is -1.43. The van der Waals surface area contributed by atoms with E-state index < -0.39 is 5.79 Å². The zero-order chi connectivity index (χ0) is 17.1. The van der Waals surface area contributed by atoms with Crippen molar-refractivity contribution in [3.8, 4) is 5.75 Å². The predicted octanol–water partition coefficient (Wildman–Crippen LogP) is 2.06. The highest BCUT2D eigenvalue weighted by Gasteiger charge is 2.53. The van der Waals surface area contributed by atoms with Gasteiger partial charge in [-0.3, -0.25) is 9.69 Å². The summed E-state index contributed by atoms with van der Waals surface area (Å²) in [4.78, 5) is 15.2. The Labute approximate surface area is 142 Å². The van der Waals surface area contributed by atoms with Crippen molar-refractivity contribution in [3.63, 3.8) is 0 Å². The maximum atomic E-state index is 13.1. The number of carbonyl (C=O) groups excluding carboxylic acids is 1. The number of benzene rings is 1. The van der Waals surface area contributed by atoms with Gasteiger partial charge in [0.05, 0.1) is 19.2 Å². The lowest BCUT2D eigenvalue weighted by atomic mass is 9.58. The number of aromatic hydroxyl groups is 1. The molecule has 2 N–H and O–H groups in total. The lowest BCUT2D eigenvalue weighted by Crippen LogP contribution is -2.63. The van der Waals surface area contributed by atoms with E-state index in [0.717, 1.165) is 24.9 Å². The average Bonchev–Trinajstić information content (AvgIpc) is 2.96. The minimum atomic E-state index is -1.12. The van der Waals surface area contributed by atoms with Crippen molar-refractivity contribution in [3.05, 3.63) is 29.3 Å². The second-order valence-corrected chi connectivity index (χ2v) is 7.86. The van der Waals surface area contributed by atoms with Gasteiger partial charge in [0.1, 0.15) is 5.75 Å². The van der Waals surface area contributed by atoms with Gasteiger partial charge in [0.15, 0.2) is 11.6 Å². The van der Waals surface area contributed by atoms with Gasteiger partial charge in [0, 0.05) is 12.0 Å². The minimum Gasteiger partial charge on any atom is -0.508 e. The second kappa shape index (κ2) is 5.28. The number of nitrogens with zero attached hydrogens (tertiary/aromatic N) is 1. The van der Waals surface area contributed by atoms with Crippen LogP contribution in [0.15, 0.2) is 18.2 Å². The standard InChI is InChI=1S/C19H25NO4/c1-12-16-17(22)14-5-4-13(21)10-15(14)18(12,2)7-8-20(16)11-19(23)6-3-9-24-19/h4-5,10,12,16,21,23H,3,6-9,11H2,1-2H3/t12-,16-,18+,19-/m0/s1. The average molecular weight is 331 g/mol. The molecule has 5 nitrogen and oxygen atoms in total. The first-order valence-corrected chi connectivity index (χ1v) is 8.82. The molecule has 2 saturated heterocycles. The second-order valence-electron chi connectivity index (χ2n) is 7.86. The highest BCUT2D eigenvalue weighted by Crippen LogP contribution is 2.49. The number of piperidine rings is 1. The Balaban J connectivity index is 1.72. The van der Waals surface area contributed by atoms with E-state index in [-0.39, 0.29) is 28.9 Å². The van der Waals surface area contributed by atoms with Gasteiger partial charge < -0.3 is 14.9 Å². The summed E-state index contributed by atoms with van der Waals surface area (Å²) >= 11 is 0. The molecule has 0 saturated carbocycles. The third-order valence-corrected chi connectivity index (χ3v) is 6.48. The van der Waals surface area contributed by atoms with E-state index >= 15 is 0 Å². The molecule has 1 aromatic rings. The van der Waals surface area contributed by atoms with E-state index in [1.807, 2.05) is 0 Å². The van der Waals surface area contributed by atoms with Gasteiger partial charge >= 0.3 is 0 Å². The number of phenols is 1. The molecule has 0 unspecified atom stereocenters. The van der Waals surface area contributed by atoms with Crippen molar-refractivity contribution in [2.24, 2.45) is 5.92 Å². The van der Waals surface area contributed by atoms with Gasteiger partial charge in [-0.25, -0.2) is 0 Å². The Bertz CT molecular complexity index is 682. The summed E-state index contributed by atoms with van der Waals surface area (Å²) in [6.07, 6.45) is 2.38. The number of likely N-dealkylation sites (tertiary alicyclic amines) is 1. The first-order chi connectivity index (χ1) is 11.3. The molecule has 130 valence electrons. The molecule has 0 aromatic heterocycles. The molecule has 2 aliphatic heterocycles. The third-order valence-electron chi connectivity index (χ3n) is 6.48. The Morgan fingerprint density at radius 3 is 2.88 bits per heavy atom. The number of fused-ring (bicyclic) bond motifs is 4. The lowest BCUT2D eigenvalue weighted by Gasteiger charge is -2.54. The summed E-state index contributed by atoms with van der Waals surface area (Å²) in [5.41, 5.74) is 1.54. The number of hydrogen-bond donors (Lipinski definition) is 2. The maximum Gasteiger partial charge on any atom is 0.180 e. The first kappa shape index (κ1) is 16.1. The van der Waals surface area contributed by atoms with Crippen LogP contribution in [0, 0.1) is 5.92 Å². The van der Waals surface area contributed by atoms with Crippen LogP contribution in [-0.2, 0) is 10.2 Å². The molecule has 1 aromatic carbocycles. The van der Waals surface area contributed by atoms with Crippen molar-refractivity contribution in [2.45, 2.75) is 50.4 Å². The van der Waals surface area contributed by atoms with Crippen LogP contribution in [0.25, 0.3) is 0 Å². The molecule has 0 spiro atoms. The highest BCUT2D eigenvalue weighted by molar-refractivity contribution is 6.03. The lowest BCUT2D eigenvalue weighted by molar-refractivity contribution is -0.189. The Morgan fingerprint density at radius 1 is 1.38 bits per heavy atom. The van der Waals surface area contributed by atoms with Crippen LogP contribution in [0.4, 0.5) is 0 Å². The number of hydrogen-bond acceptors (Lipinski definition) is 5.